The zero-order chi connectivity index (χ0) is 11.4. The van der Waals surface area contributed by atoms with Crippen molar-refractivity contribution in [3.8, 4) is 6.07 Å². The highest BCUT2D eigenvalue weighted by Crippen LogP contribution is 2.25. The van der Waals surface area contributed by atoms with E-state index >= 15 is 0 Å². The molecule has 0 fully saturated rings. The van der Waals surface area contributed by atoms with Crippen LogP contribution in [0.1, 0.15) is 10.4 Å². The van der Waals surface area contributed by atoms with Gasteiger partial charge in [0.2, 0.25) is 0 Å². The van der Waals surface area contributed by atoms with Crippen LogP contribution in [0.5, 0.6) is 0 Å². The molecule has 1 nitrogen and oxygen atoms in total. The van der Waals surface area contributed by atoms with E-state index in [1.165, 1.54) is 11.3 Å². The molecule has 0 amide bonds. The largest absolute Gasteiger partial charge is 0.192 e. The molecule has 3 heteroatoms. The van der Waals surface area contributed by atoms with Gasteiger partial charge in [-0.15, -0.1) is 11.3 Å². The maximum absolute atomic E-state index is 9.10. The van der Waals surface area contributed by atoms with Crippen LogP contribution in [0.15, 0.2) is 42.5 Å². The van der Waals surface area contributed by atoms with Gasteiger partial charge in [0.15, 0.2) is 0 Å². The number of thiophene rings is 1. The minimum Gasteiger partial charge on any atom is -0.192 e. The lowest BCUT2D eigenvalue weighted by molar-refractivity contribution is 1.52. The molecule has 16 heavy (non-hydrogen) atoms. The Bertz CT molecular complexity index is 549. The SMILES string of the molecule is N#C/C(=C/c1ccc(Cl)s1)c1ccccc1. The van der Waals surface area contributed by atoms with Crippen molar-refractivity contribution in [2.24, 2.45) is 0 Å². The van der Waals surface area contributed by atoms with E-state index in [0.717, 1.165) is 14.8 Å². The van der Waals surface area contributed by atoms with Gasteiger partial charge in [-0.25, -0.2) is 0 Å². The average Bonchev–Trinajstić information content (AvgIpc) is 2.73. The highest BCUT2D eigenvalue weighted by molar-refractivity contribution is 7.17. The Morgan fingerprint density at radius 3 is 2.50 bits per heavy atom. The molecule has 1 heterocycles. The Kier molecular flexibility index (Phi) is 3.40. The number of benzene rings is 1. The monoisotopic (exact) mass is 245 g/mol. The van der Waals surface area contributed by atoms with E-state index in [0.29, 0.717) is 5.57 Å². The van der Waals surface area contributed by atoms with E-state index < -0.39 is 0 Å². The third-order valence-corrected chi connectivity index (χ3v) is 3.26. The number of allylic oxidation sites excluding steroid dienone is 1. The number of nitriles is 1. The molecule has 1 aromatic heterocycles. The summed E-state index contributed by atoms with van der Waals surface area (Å²) in [5.74, 6) is 0. The van der Waals surface area contributed by atoms with Gasteiger partial charge >= 0.3 is 0 Å². The van der Waals surface area contributed by atoms with Gasteiger partial charge in [0.05, 0.1) is 16.0 Å². The Balaban J connectivity index is 2.38. The summed E-state index contributed by atoms with van der Waals surface area (Å²) in [4.78, 5) is 0.991. The second-order valence-electron chi connectivity index (χ2n) is 3.18. The smallest absolute Gasteiger partial charge is 0.0998 e. The van der Waals surface area contributed by atoms with Crippen molar-refractivity contribution in [1.29, 1.82) is 5.26 Å². The number of nitrogens with zero attached hydrogens (tertiary/aromatic N) is 1. The fourth-order valence-corrected chi connectivity index (χ4v) is 2.35. The first-order chi connectivity index (χ1) is 7.79. The number of rotatable bonds is 2. The third-order valence-electron chi connectivity index (χ3n) is 2.09. The molecule has 78 valence electrons. The Hall–Kier alpha value is -1.56. The summed E-state index contributed by atoms with van der Waals surface area (Å²) in [6.45, 7) is 0. The molecule has 0 N–H and O–H groups in total. The minimum absolute atomic E-state index is 0.652. The molecule has 2 aromatic rings. The molecule has 0 saturated heterocycles. The summed E-state index contributed by atoms with van der Waals surface area (Å²) in [6.07, 6.45) is 1.85. The van der Waals surface area contributed by atoms with Gasteiger partial charge in [0.1, 0.15) is 0 Å². The molecule has 0 saturated carbocycles. The van der Waals surface area contributed by atoms with Crippen LogP contribution in [0, 0.1) is 11.3 Å². The standard InChI is InChI=1S/C13H8ClNS/c14-13-7-6-12(16-13)8-11(9-15)10-4-2-1-3-5-10/h1-8H/b11-8-. The van der Waals surface area contributed by atoms with Crippen molar-refractivity contribution in [1.82, 2.24) is 0 Å². The van der Waals surface area contributed by atoms with Gasteiger partial charge in [-0.05, 0) is 23.8 Å². The molecule has 0 radical (unpaired) electrons. The Morgan fingerprint density at radius 2 is 1.94 bits per heavy atom. The maximum atomic E-state index is 9.10. The molecule has 1 aromatic carbocycles. The van der Waals surface area contributed by atoms with Crippen molar-refractivity contribution in [2.45, 2.75) is 0 Å². The quantitative estimate of drug-likeness (QED) is 0.717. The second-order valence-corrected chi connectivity index (χ2v) is 4.92. The lowest BCUT2D eigenvalue weighted by Gasteiger charge is -1.96. The van der Waals surface area contributed by atoms with Crippen molar-refractivity contribution in [2.75, 3.05) is 0 Å². The zero-order valence-corrected chi connectivity index (χ0v) is 9.92. The summed E-state index contributed by atoms with van der Waals surface area (Å²) < 4.78 is 0.733. The van der Waals surface area contributed by atoms with Crippen molar-refractivity contribution in [3.05, 3.63) is 57.2 Å². The summed E-state index contributed by atoms with van der Waals surface area (Å²) in [5.41, 5.74) is 1.58. The number of hydrogen-bond acceptors (Lipinski definition) is 2. The highest BCUT2D eigenvalue weighted by atomic mass is 35.5. The van der Waals surface area contributed by atoms with Crippen LogP contribution < -0.4 is 0 Å². The molecule has 2 rings (SSSR count). The molecule has 0 atom stereocenters. The van der Waals surface area contributed by atoms with E-state index in [1.54, 1.807) is 0 Å². The lowest BCUT2D eigenvalue weighted by Crippen LogP contribution is -1.79. The molecule has 0 aliphatic rings. The minimum atomic E-state index is 0.652. The molecule has 0 spiro atoms. The van der Waals surface area contributed by atoms with Crippen LogP contribution in [0.2, 0.25) is 4.34 Å². The predicted molar refractivity (Wildman–Crippen MR) is 69.3 cm³/mol. The van der Waals surface area contributed by atoms with Crippen LogP contribution >= 0.6 is 22.9 Å². The van der Waals surface area contributed by atoms with Crippen LogP contribution in [0.25, 0.3) is 11.6 Å². The fraction of sp³-hybridized carbons (Fsp3) is 0. The molecular weight excluding hydrogens is 238 g/mol. The topological polar surface area (TPSA) is 23.8 Å². The Labute approximate surface area is 103 Å². The van der Waals surface area contributed by atoms with Gasteiger partial charge in [-0.1, -0.05) is 41.9 Å². The summed E-state index contributed by atoms with van der Waals surface area (Å²) >= 11 is 7.30. The first kappa shape index (κ1) is 10.9. The van der Waals surface area contributed by atoms with E-state index in [1.807, 2.05) is 48.5 Å². The highest BCUT2D eigenvalue weighted by Gasteiger charge is 2.01. The van der Waals surface area contributed by atoms with E-state index in [2.05, 4.69) is 6.07 Å². The normalized spacial score (nSPS) is 11.1. The summed E-state index contributed by atoms with van der Waals surface area (Å²) in [5, 5.41) is 9.10. The lowest BCUT2D eigenvalue weighted by atomic mass is 10.1. The Morgan fingerprint density at radius 1 is 1.19 bits per heavy atom. The fourth-order valence-electron chi connectivity index (χ4n) is 1.35. The molecule has 0 bridgehead atoms. The van der Waals surface area contributed by atoms with Crippen LogP contribution in [0.4, 0.5) is 0 Å². The van der Waals surface area contributed by atoms with Gasteiger partial charge in [-0.3, -0.25) is 0 Å². The van der Waals surface area contributed by atoms with Crippen molar-refractivity contribution >= 4 is 34.6 Å². The van der Waals surface area contributed by atoms with E-state index in [9.17, 15) is 0 Å². The first-order valence-corrected chi connectivity index (χ1v) is 5.91. The van der Waals surface area contributed by atoms with E-state index in [-0.39, 0.29) is 0 Å². The van der Waals surface area contributed by atoms with Crippen molar-refractivity contribution in [3.63, 3.8) is 0 Å². The second kappa shape index (κ2) is 4.98. The zero-order valence-electron chi connectivity index (χ0n) is 8.35. The molecule has 0 aliphatic heterocycles. The van der Waals surface area contributed by atoms with Gasteiger partial charge in [0, 0.05) is 4.88 Å². The first-order valence-electron chi connectivity index (χ1n) is 4.72. The predicted octanol–water partition coefficient (Wildman–Crippen LogP) is 4.47. The third kappa shape index (κ3) is 2.52. The number of hydrogen-bond donors (Lipinski definition) is 0. The molecule has 0 unspecified atom stereocenters. The van der Waals surface area contributed by atoms with Gasteiger partial charge < -0.3 is 0 Å². The van der Waals surface area contributed by atoms with Crippen LogP contribution in [-0.4, -0.2) is 0 Å². The summed E-state index contributed by atoms with van der Waals surface area (Å²) in [6, 6.07) is 15.6. The summed E-state index contributed by atoms with van der Waals surface area (Å²) in [7, 11) is 0. The van der Waals surface area contributed by atoms with Gasteiger partial charge in [0.25, 0.3) is 0 Å². The van der Waals surface area contributed by atoms with E-state index in [4.69, 9.17) is 16.9 Å². The van der Waals surface area contributed by atoms with Crippen LogP contribution in [-0.2, 0) is 0 Å². The maximum Gasteiger partial charge on any atom is 0.0998 e. The number of halogens is 1. The van der Waals surface area contributed by atoms with Crippen LogP contribution in [0.3, 0.4) is 0 Å². The molecule has 0 aliphatic carbocycles. The van der Waals surface area contributed by atoms with Gasteiger partial charge in [-0.2, -0.15) is 5.26 Å². The molecular formula is C13H8ClNS. The van der Waals surface area contributed by atoms with Crippen molar-refractivity contribution < 1.29 is 0 Å². The average molecular weight is 246 g/mol.